The first kappa shape index (κ1) is 8.30. The second kappa shape index (κ2) is 5.44. The van der Waals surface area contributed by atoms with E-state index in [0.717, 1.165) is 6.42 Å². The van der Waals surface area contributed by atoms with Crippen molar-refractivity contribution in [2.45, 2.75) is 13.3 Å². The minimum absolute atomic E-state index is 0.0721. The van der Waals surface area contributed by atoms with Crippen molar-refractivity contribution in [1.82, 2.24) is 0 Å². The lowest BCUT2D eigenvalue weighted by Gasteiger charge is -1.94. The van der Waals surface area contributed by atoms with E-state index in [0.29, 0.717) is 6.61 Å². The van der Waals surface area contributed by atoms with Crippen molar-refractivity contribution in [3.63, 3.8) is 0 Å². The highest BCUT2D eigenvalue weighted by atomic mass is 16.5. The quantitative estimate of drug-likeness (QED) is 0.303. The third kappa shape index (κ3) is 5.17. The van der Waals surface area contributed by atoms with Gasteiger partial charge in [-0.15, -0.1) is 0 Å². The Morgan fingerprint density at radius 1 is 1.67 bits per heavy atom. The maximum atomic E-state index is 10.2. The maximum absolute atomic E-state index is 10.2. The Morgan fingerprint density at radius 2 is 2.33 bits per heavy atom. The molecule has 3 nitrogen and oxygen atoms in total. The molecule has 0 aliphatic heterocycles. The van der Waals surface area contributed by atoms with Crippen molar-refractivity contribution in [3.05, 3.63) is 0 Å². The van der Waals surface area contributed by atoms with Crippen molar-refractivity contribution < 1.29 is 14.3 Å². The number of rotatable bonds is 5. The normalized spacial score (nSPS) is 9.00. The largest absolute Gasteiger partial charge is 0.373 e. The second-order valence-electron chi connectivity index (χ2n) is 1.64. The van der Waals surface area contributed by atoms with Gasteiger partial charge in [-0.25, -0.2) is 0 Å². The van der Waals surface area contributed by atoms with Crippen molar-refractivity contribution >= 4 is 12.1 Å². The standard InChI is InChI=1S/C6H10O3/c1-2-3-9-5-6(8)4-7/h4H,2-3,5H2,1H3. The van der Waals surface area contributed by atoms with Gasteiger partial charge < -0.3 is 4.74 Å². The zero-order chi connectivity index (χ0) is 7.11. The molecule has 0 spiro atoms. The van der Waals surface area contributed by atoms with Gasteiger partial charge in [0.05, 0.1) is 0 Å². The van der Waals surface area contributed by atoms with Crippen LogP contribution in [-0.2, 0) is 14.3 Å². The first-order valence-corrected chi connectivity index (χ1v) is 2.87. The van der Waals surface area contributed by atoms with Crippen LogP contribution in [0.3, 0.4) is 0 Å². The summed E-state index contributed by atoms with van der Waals surface area (Å²) in [6.45, 7) is 2.41. The lowest BCUT2D eigenvalue weighted by Crippen LogP contribution is -2.09. The average Bonchev–Trinajstić information content (AvgIpc) is 1.89. The SMILES string of the molecule is CCCOCC(=O)C=O. The van der Waals surface area contributed by atoms with Gasteiger partial charge in [0.15, 0.2) is 6.29 Å². The van der Waals surface area contributed by atoms with Gasteiger partial charge in [-0.05, 0) is 6.42 Å². The van der Waals surface area contributed by atoms with Gasteiger partial charge in [0.25, 0.3) is 0 Å². The average molecular weight is 130 g/mol. The van der Waals surface area contributed by atoms with Gasteiger partial charge in [-0.3, -0.25) is 9.59 Å². The zero-order valence-electron chi connectivity index (χ0n) is 5.42. The smallest absolute Gasteiger partial charge is 0.220 e. The van der Waals surface area contributed by atoms with Crippen molar-refractivity contribution in [1.29, 1.82) is 0 Å². The molecule has 0 fully saturated rings. The molecule has 0 atom stereocenters. The van der Waals surface area contributed by atoms with Crippen molar-refractivity contribution in [3.8, 4) is 0 Å². The molecule has 0 aliphatic carbocycles. The van der Waals surface area contributed by atoms with Crippen LogP contribution in [0.5, 0.6) is 0 Å². The lowest BCUT2D eigenvalue weighted by atomic mass is 10.5. The Bertz CT molecular complexity index is 98.5. The molecule has 0 saturated heterocycles. The summed E-state index contributed by atoms with van der Waals surface area (Å²) in [5.74, 6) is -0.497. The molecule has 0 bridgehead atoms. The highest BCUT2D eigenvalue weighted by Crippen LogP contribution is 1.78. The van der Waals surface area contributed by atoms with E-state index in [4.69, 9.17) is 4.74 Å². The first-order valence-electron chi connectivity index (χ1n) is 2.87. The number of carbonyl (C=O) groups excluding carboxylic acids is 2. The molecule has 0 aliphatic rings. The van der Waals surface area contributed by atoms with E-state index in [1.165, 1.54) is 0 Å². The highest BCUT2D eigenvalue weighted by Gasteiger charge is 1.95. The summed E-state index contributed by atoms with van der Waals surface area (Å²) in [4.78, 5) is 19.9. The molecule has 0 rings (SSSR count). The molecule has 0 heterocycles. The van der Waals surface area contributed by atoms with Crippen LogP contribution < -0.4 is 0 Å². The number of hydrogen-bond acceptors (Lipinski definition) is 3. The van der Waals surface area contributed by atoms with E-state index in [-0.39, 0.29) is 12.9 Å². The summed E-state index contributed by atoms with van der Waals surface area (Å²) in [5.41, 5.74) is 0. The molecule has 52 valence electrons. The lowest BCUT2D eigenvalue weighted by molar-refractivity contribution is -0.132. The number of ether oxygens (including phenoxy) is 1. The van der Waals surface area contributed by atoms with Crippen LogP contribution in [-0.4, -0.2) is 25.3 Å². The molecular formula is C6H10O3. The van der Waals surface area contributed by atoms with Crippen LogP contribution >= 0.6 is 0 Å². The van der Waals surface area contributed by atoms with E-state index in [2.05, 4.69) is 0 Å². The fourth-order valence-electron chi connectivity index (χ4n) is 0.351. The van der Waals surface area contributed by atoms with E-state index in [9.17, 15) is 9.59 Å². The molecule has 3 heteroatoms. The molecule has 0 aromatic heterocycles. The van der Waals surface area contributed by atoms with Crippen LogP contribution in [0.1, 0.15) is 13.3 Å². The zero-order valence-corrected chi connectivity index (χ0v) is 5.42. The van der Waals surface area contributed by atoms with Gasteiger partial charge in [0.2, 0.25) is 5.78 Å². The second-order valence-corrected chi connectivity index (χ2v) is 1.64. The molecule has 0 N–H and O–H groups in total. The molecule has 0 amide bonds. The van der Waals surface area contributed by atoms with E-state index < -0.39 is 5.78 Å². The Kier molecular flexibility index (Phi) is 5.01. The van der Waals surface area contributed by atoms with Gasteiger partial charge in [-0.2, -0.15) is 0 Å². The monoisotopic (exact) mass is 130 g/mol. The van der Waals surface area contributed by atoms with Crippen LogP contribution in [0.2, 0.25) is 0 Å². The van der Waals surface area contributed by atoms with E-state index in [1.807, 2.05) is 6.92 Å². The summed E-state index contributed by atoms with van der Waals surface area (Å²) in [6, 6.07) is 0. The van der Waals surface area contributed by atoms with Crippen LogP contribution in [0, 0.1) is 0 Å². The van der Waals surface area contributed by atoms with E-state index >= 15 is 0 Å². The predicted molar refractivity (Wildman–Crippen MR) is 32.2 cm³/mol. The number of ketones is 1. The summed E-state index contributed by atoms with van der Waals surface area (Å²) in [5, 5.41) is 0. The Balaban J connectivity index is 3.07. The molecule has 0 aromatic rings. The van der Waals surface area contributed by atoms with Gasteiger partial charge in [0.1, 0.15) is 6.61 Å². The minimum Gasteiger partial charge on any atom is -0.373 e. The number of hydrogen-bond donors (Lipinski definition) is 0. The third-order valence-corrected chi connectivity index (χ3v) is 0.724. The van der Waals surface area contributed by atoms with E-state index in [1.54, 1.807) is 0 Å². The summed E-state index contributed by atoms with van der Waals surface area (Å²) in [6.07, 6.45) is 1.14. The Labute approximate surface area is 54.0 Å². The summed E-state index contributed by atoms with van der Waals surface area (Å²) in [7, 11) is 0. The molecule has 0 radical (unpaired) electrons. The minimum atomic E-state index is -0.497. The van der Waals surface area contributed by atoms with Gasteiger partial charge in [0, 0.05) is 6.61 Å². The molecular weight excluding hydrogens is 120 g/mol. The predicted octanol–water partition coefficient (Wildman–Crippen LogP) is 0.181. The third-order valence-electron chi connectivity index (χ3n) is 0.724. The maximum Gasteiger partial charge on any atom is 0.220 e. The van der Waals surface area contributed by atoms with Gasteiger partial charge >= 0.3 is 0 Å². The number of Topliss-reactive ketones (excluding diaryl/α,β-unsaturated/α-hetero) is 1. The molecule has 0 saturated carbocycles. The van der Waals surface area contributed by atoms with Gasteiger partial charge in [-0.1, -0.05) is 6.92 Å². The Hall–Kier alpha value is -0.700. The molecule has 0 unspecified atom stereocenters. The van der Waals surface area contributed by atoms with Crippen LogP contribution in [0.25, 0.3) is 0 Å². The molecule has 9 heavy (non-hydrogen) atoms. The number of carbonyl (C=O) groups is 2. The summed E-state index contributed by atoms with van der Waals surface area (Å²) < 4.78 is 4.75. The fourth-order valence-corrected chi connectivity index (χ4v) is 0.351. The van der Waals surface area contributed by atoms with Crippen molar-refractivity contribution in [2.75, 3.05) is 13.2 Å². The molecule has 0 aromatic carbocycles. The Morgan fingerprint density at radius 3 is 2.78 bits per heavy atom. The first-order chi connectivity index (χ1) is 4.31. The highest BCUT2D eigenvalue weighted by molar-refractivity contribution is 6.25. The topological polar surface area (TPSA) is 43.4 Å². The number of aldehydes is 1. The fraction of sp³-hybridized carbons (Fsp3) is 0.667. The van der Waals surface area contributed by atoms with Crippen LogP contribution in [0.15, 0.2) is 0 Å². The van der Waals surface area contributed by atoms with Crippen LogP contribution in [0.4, 0.5) is 0 Å². The summed E-state index contributed by atoms with van der Waals surface area (Å²) >= 11 is 0. The van der Waals surface area contributed by atoms with Crippen molar-refractivity contribution in [2.24, 2.45) is 0 Å².